The molecule has 180 valence electrons. The Morgan fingerprint density at radius 2 is 2.00 bits per heavy atom. The highest BCUT2D eigenvalue weighted by atomic mass is 32.2. The molecule has 0 amide bonds. The minimum absolute atomic E-state index is 0.00680. The largest absolute Gasteiger partial charge is 0.474 e. The van der Waals surface area contributed by atoms with E-state index in [9.17, 15) is 8.60 Å². The molecule has 9 nitrogen and oxygen atoms in total. The second-order valence-corrected chi connectivity index (χ2v) is 10.2. The monoisotopic (exact) mass is 486 g/mol. The van der Waals surface area contributed by atoms with Gasteiger partial charge in [-0.05, 0) is 24.6 Å². The van der Waals surface area contributed by atoms with E-state index in [1.165, 1.54) is 18.6 Å². The number of rotatable bonds is 6. The third kappa shape index (κ3) is 4.36. The molecule has 4 heterocycles. The first-order chi connectivity index (χ1) is 16.4. The quantitative estimate of drug-likeness (QED) is 0.518. The summed E-state index contributed by atoms with van der Waals surface area (Å²) in [6, 6.07) is 5.22. The van der Waals surface area contributed by atoms with Gasteiger partial charge in [0, 0.05) is 60.3 Å². The van der Waals surface area contributed by atoms with E-state index in [1.807, 2.05) is 18.7 Å². The van der Waals surface area contributed by atoms with Crippen molar-refractivity contribution in [3.05, 3.63) is 41.7 Å². The zero-order valence-corrected chi connectivity index (χ0v) is 20.2. The van der Waals surface area contributed by atoms with Crippen LogP contribution in [0.5, 0.6) is 5.88 Å². The molecule has 0 radical (unpaired) electrons. The molecule has 1 aromatic carbocycles. The number of nitrogens with zero attached hydrogens (tertiary/aromatic N) is 6. The maximum atomic E-state index is 14.8. The average molecular weight is 487 g/mol. The Bertz CT molecular complexity index is 1210. The van der Waals surface area contributed by atoms with Gasteiger partial charge in [-0.3, -0.25) is 4.21 Å². The predicted molar refractivity (Wildman–Crippen MR) is 126 cm³/mol. The van der Waals surface area contributed by atoms with Crippen LogP contribution in [0.2, 0.25) is 0 Å². The van der Waals surface area contributed by atoms with Crippen molar-refractivity contribution >= 4 is 28.3 Å². The van der Waals surface area contributed by atoms with E-state index in [0.717, 1.165) is 31.5 Å². The number of fused-ring (bicyclic) bond motifs is 1. The summed E-state index contributed by atoms with van der Waals surface area (Å²) in [4.78, 5) is 17.6. The lowest BCUT2D eigenvalue weighted by Gasteiger charge is -2.30. The van der Waals surface area contributed by atoms with Crippen LogP contribution in [0.15, 0.2) is 33.9 Å². The molecular weight excluding hydrogens is 459 g/mol. The zero-order chi connectivity index (χ0) is 23.8. The topological polar surface area (TPSA) is 97.5 Å². The van der Waals surface area contributed by atoms with Gasteiger partial charge in [0.25, 0.3) is 0 Å². The fourth-order valence-electron chi connectivity index (χ4n) is 4.30. The Labute approximate surface area is 199 Å². The van der Waals surface area contributed by atoms with E-state index in [0.29, 0.717) is 47.1 Å². The van der Waals surface area contributed by atoms with Gasteiger partial charge in [0.1, 0.15) is 24.1 Å². The summed E-state index contributed by atoms with van der Waals surface area (Å²) in [5, 5.41) is 4.05. The molecule has 1 atom stereocenters. The maximum Gasteiger partial charge on any atom is 0.324 e. The lowest BCUT2D eigenvalue weighted by atomic mass is 10.1. The Morgan fingerprint density at radius 1 is 1.21 bits per heavy atom. The number of anilines is 3. The van der Waals surface area contributed by atoms with E-state index in [1.54, 1.807) is 12.1 Å². The molecule has 1 fully saturated rings. The van der Waals surface area contributed by atoms with Gasteiger partial charge in [0.2, 0.25) is 5.88 Å². The number of hydrogen-bond donors (Lipinski definition) is 0. The zero-order valence-electron chi connectivity index (χ0n) is 19.4. The summed E-state index contributed by atoms with van der Waals surface area (Å²) in [6.07, 6.45) is 5.25. The molecule has 11 heteroatoms. The lowest BCUT2D eigenvalue weighted by Crippen LogP contribution is -2.38. The first-order valence-corrected chi connectivity index (χ1v) is 13.0. The first-order valence-electron chi connectivity index (χ1n) is 11.4. The fraction of sp³-hybridized carbons (Fsp3) is 0.478. The van der Waals surface area contributed by atoms with E-state index in [2.05, 4.69) is 25.0 Å². The molecule has 0 N–H and O–H groups in total. The Morgan fingerprint density at radius 3 is 2.68 bits per heavy atom. The summed E-state index contributed by atoms with van der Waals surface area (Å²) < 4.78 is 38.1. The van der Waals surface area contributed by atoms with E-state index >= 15 is 0 Å². The highest BCUT2D eigenvalue weighted by Gasteiger charge is 2.30. The molecule has 0 bridgehead atoms. The van der Waals surface area contributed by atoms with Crippen molar-refractivity contribution < 1.29 is 17.9 Å². The van der Waals surface area contributed by atoms with Crippen LogP contribution >= 0.6 is 0 Å². The van der Waals surface area contributed by atoms with Gasteiger partial charge in [-0.2, -0.15) is 4.98 Å². The van der Waals surface area contributed by atoms with Gasteiger partial charge < -0.3 is 19.1 Å². The van der Waals surface area contributed by atoms with Crippen LogP contribution in [0.25, 0.3) is 0 Å². The minimum Gasteiger partial charge on any atom is -0.474 e. The number of ether oxygens (including phenoxy) is 1. The summed E-state index contributed by atoms with van der Waals surface area (Å²) in [7, 11) is -1.24. The van der Waals surface area contributed by atoms with Crippen LogP contribution in [0.4, 0.5) is 21.9 Å². The minimum atomic E-state index is -1.24. The number of halogens is 1. The first kappa shape index (κ1) is 22.7. The SMILES string of the molecule is CC(C)c1noc(N2CCC(Oc3ncnc4c3CCN4c3ccc(S(C)=O)cc3F)CC2)n1. The summed E-state index contributed by atoms with van der Waals surface area (Å²) in [6.45, 7) is 6.14. The van der Waals surface area contributed by atoms with Gasteiger partial charge in [0.05, 0.1) is 11.3 Å². The van der Waals surface area contributed by atoms with Gasteiger partial charge in [-0.1, -0.05) is 19.0 Å². The van der Waals surface area contributed by atoms with Crippen LogP contribution < -0.4 is 14.5 Å². The van der Waals surface area contributed by atoms with Crippen LogP contribution in [0.3, 0.4) is 0 Å². The molecular formula is C23H27FN6O3S. The van der Waals surface area contributed by atoms with Gasteiger partial charge in [-0.25, -0.2) is 14.4 Å². The molecule has 1 saturated heterocycles. The molecule has 2 aliphatic rings. The second-order valence-electron chi connectivity index (χ2n) is 8.84. The highest BCUT2D eigenvalue weighted by Crippen LogP contribution is 2.38. The molecule has 0 aliphatic carbocycles. The standard InChI is InChI=1S/C23H27FN6O3S/c1-14(2)20-27-23(33-28-20)29-9-6-15(7-10-29)32-22-17-8-11-30(21(17)25-13-26-22)19-5-4-16(34(3)31)12-18(19)24/h4-5,12-15H,6-11H2,1-3H3. The average Bonchev–Trinajstić information content (AvgIpc) is 3.48. The summed E-state index contributed by atoms with van der Waals surface area (Å²) in [5.74, 6) is 1.72. The second kappa shape index (κ2) is 9.28. The molecule has 34 heavy (non-hydrogen) atoms. The number of piperidine rings is 1. The van der Waals surface area contributed by atoms with Gasteiger partial charge in [0.15, 0.2) is 5.82 Å². The predicted octanol–water partition coefficient (Wildman–Crippen LogP) is 3.60. The van der Waals surface area contributed by atoms with Crippen molar-refractivity contribution in [3.63, 3.8) is 0 Å². The molecule has 0 saturated carbocycles. The lowest BCUT2D eigenvalue weighted by molar-refractivity contribution is 0.160. The number of hydrogen-bond acceptors (Lipinski definition) is 9. The van der Waals surface area contributed by atoms with E-state index < -0.39 is 16.6 Å². The van der Waals surface area contributed by atoms with Crippen LogP contribution in [-0.4, -0.2) is 56.3 Å². The summed E-state index contributed by atoms with van der Waals surface area (Å²) >= 11 is 0. The normalized spacial score (nSPS) is 17.3. The molecule has 2 aliphatic heterocycles. The molecule has 1 unspecified atom stereocenters. The maximum absolute atomic E-state index is 14.8. The van der Waals surface area contributed by atoms with Gasteiger partial charge in [-0.15, -0.1) is 0 Å². The highest BCUT2D eigenvalue weighted by molar-refractivity contribution is 7.84. The van der Waals surface area contributed by atoms with Crippen LogP contribution in [0, 0.1) is 5.82 Å². The van der Waals surface area contributed by atoms with Crippen molar-refractivity contribution in [3.8, 4) is 5.88 Å². The van der Waals surface area contributed by atoms with Crippen LogP contribution in [0.1, 0.15) is 44.0 Å². The van der Waals surface area contributed by atoms with Crippen molar-refractivity contribution in [2.45, 2.75) is 50.0 Å². The van der Waals surface area contributed by atoms with E-state index in [-0.39, 0.29) is 12.0 Å². The fourth-order valence-corrected chi connectivity index (χ4v) is 4.83. The Hall–Kier alpha value is -3.08. The third-order valence-electron chi connectivity index (χ3n) is 6.20. The molecule has 0 spiro atoms. The molecule has 2 aromatic heterocycles. The van der Waals surface area contributed by atoms with Crippen molar-refractivity contribution in [1.82, 2.24) is 20.1 Å². The van der Waals surface area contributed by atoms with Crippen molar-refractivity contribution in [1.29, 1.82) is 0 Å². The van der Waals surface area contributed by atoms with E-state index in [4.69, 9.17) is 9.26 Å². The molecule has 5 rings (SSSR count). The van der Waals surface area contributed by atoms with Gasteiger partial charge >= 0.3 is 6.01 Å². The number of aromatic nitrogens is 4. The summed E-state index contributed by atoms with van der Waals surface area (Å²) in [5.41, 5.74) is 1.29. The third-order valence-corrected chi connectivity index (χ3v) is 7.12. The Kier molecular flexibility index (Phi) is 6.20. The Balaban J connectivity index is 1.27. The van der Waals surface area contributed by atoms with Crippen molar-refractivity contribution in [2.24, 2.45) is 0 Å². The smallest absolute Gasteiger partial charge is 0.324 e. The number of benzene rings is 1. The van der Waals surface area contributed by atoms with Crippen molar-refractivity contribution in [2.75, 3.05) is 35.7 Å². The van der Waals surface area contributed by atoms with Crippen LogP contribution in [-0.2, 0) is 17.2 Å². The molecule has 3 aromatic rings.